The molecule has 0 bridgehead atoms. The molecule has 128 valence electrons. The molecule has 1 fully saturated rings. The van der Waals surface area contributed by atoms with Crippen molar-refractivity contribution in [2.24, 2.45) is 0 Å². The van der Waals surface area contributed by atoms with E-state index in [1.807, 2.05) is 0 Å². The molecule has 1 saturated heterocycles. The smallest absolute Gasteiger partial charge is 0.139 e. The minimum Gasteiger partial charge on any atom is -0.355 e. The molecule has 25 heavy (non-hydrogen) atoms. The van der Waals surface area contributed by atoms with Gasteiger partial charge in [0.2, 0.25) is 0 Å². The standard InChI is InChI=1S/C20H23N5/c1-15-4-3-5-16(12-15)23-17-6-7-18-19(13-17)21-14-22-20(18)25-10-8-24(2)9-11-25/h3-7,12-14,23H,8-11H2,1-2H3. The van der Waals surface area contributed by atoms with E-state index in [2.05, 4.69) is 81.5 Å². The molecule has 5 heteroatoms. The number of anilines is 3. The summed E-state index contributed by atoms with van der Waals surface area (Å²) in [6, 6.07) is 14.7. The first-order valence-corrected chi connectivity index (χ1v) is 8.71. The second-order valence-corrected chi connectivity index (χ2v) is 6.71. The summed E-state index contributed by atoms with van der Waals surface area (Å²) >= 11 is 0. The first-order chi connectivity index (χ1) is 12.2. The first kappa shape index (κ1) is 15.8. The van der Waals surface area contributed by atoms with Gasteiger partial charge in [-0.15, -0.1) is 0 Å². The van der Waals surface area contributed by atoms with Gasteiger partial charge in [-0.1, -0.05) is 12.1 Å². The summed E-state index contributed by atoms with van der Waals surface area (Å²) in [5, 5.41) is 4.57. The normalized spacial score (nSPS) is 15.5. The Hall–Kier alpha value is -2.66. The van der Waals surface area contributed by atoms with E-state index in [0.717, 1.165) is 54.3 Å². The highest BCUT2D eigenvalue weighted by atomic mass is 15.3. The van der Waals surface area contributed by atoms with Crippen LogP contribution in [0.5, 0.6) is 0 Å². The van der Waals surface area contributed by atoms with Crippen molar-refractivity contribution in [2.75, 3.05) is 43.4 Å². The molecule has 0 unspecified atom stereocenters. The number of likely N-dealkylation sites (N-methyl/N-ethyl adjacent to an activating group) is 1. The number of aryl methyl sites for hydroxylation is 1. The van der Waals surface area contributed by atoms with E-state index in [1.165, 1.54) is 5.56 Å². The molecule has 1 aromatic heterocycles. The molecule has 1 N–H and O–H groups in total. The minimum absolute atomic E-state index is 0.974. The van der Waals surface area contributed by atoms with E-state index in [-0.39, 0.29) is 0 Å². The van der Waals surface area contributed by atoms with Gasteiger partial charge in [0.05, 0.1) is 5.52 Å². The molecule has 0 spiro atoms. The second-order valence-electron chi connectivity index (χ2n) is 6.71. The lowest BCUT2D eigenvalue weighted by atomic mass is 10.1. The molecular weight excluding hydrogens is 310 g/mol. The lowest BCUT2D eigenvalue weighted by Crippen LogP contribution is -2.44. The maximum absolute atomic E-state index is 4.56. The third-order valence-electron chi connectivity index (χ3n) is 4.73. The van der Waals surface area contributed by atoms with Crippen LogP contribution in [0.4, 0.5) is 17.2 Å². The quantitative estimate of drug-likeness (QED) is 0.795. The summed E-state index contributed by atoms with van der Waals surface area (Å²) in [6.45, 7) is 6.25. The molecule has 0 radical (unpaired) electrons. The summed E-state index contributed by atoms with van der Waals surface area (Å²) in [7, 11) is 2.17. The van der Waals surface area contributed by atoms with Crippen molar-refractivity contribution in [1.29, 1.82) is 0 Å². The van der Waals surface area contributed by atoms with Crippen LogP contribution in [0, 0.1) is 6.92 Å². The third-order valence-corrected chi connectivity index (χ3v) is 4.73. The van der Waals surface area contributed by atoms with Crippen LogP contribution in [-0.4, -0.2) is 48.1 Å². The Bertz CT molecular complexity index is 884. The van der Waals surface area contributed by atoms with E-state index < -0.39 is 0 Å². The Balaban J connectivity index is 1.63. The van der Waals surface area contributed by atoms with Crippen LogP contribution in [0.2, 0.25) is 0 Å². The van der Waals surface area contributed by atoms with E-state index in [9.17, 15) is 0 Å². The van der Waals surface area contributed by atoms with Gasteiger partial charge in [0, 0.05) is 42.9 Å². The zero-order valence-electron chi connectivity index (χ0n) is 14.7. The van der Waals surface area contributed by atoms with Crippen LogP contribution < -0.4 is 10.2 Å². The number of nitrogens with zero attached hydrogens (tertiary/aromatic N) is 4. The van der Waals surface area contributed by atoms with Crippen LogP contribution in [0.15, 0.2) is 48.8 Å². The van der Waals surface area contributed by atoms with Crippen molar-refractivity contribution in [3.05, 3.63) is 54.4 Å². The summed E-state index contributed by atoms with van der Waals surface area (Å²) in [6.07, 6.45) is 1.67. The van der Waals surface area contributed by atoms with Gasteiger partial charge in [-0.2, -0.15) is 0 Å². The maximum Gasteiger partial charge on any atom is 0.139 e. The molecule has 0 aliphatic carbocycles. The molecule has 3 aromatic rings. The highest BCUT2D eigenvalue weighted by Crippen LogP contribution is 2.27. The van der Waals surface area contributed by atoms with Gasteiger partial charge in [0.1, 0.15) is 12.1 Å². The lowest BCUT2D eigenvalue weighted by Gasteiger charge is -2.33. The Morgan fingerprint density at radius 2 is 1.72 bits per heavy atom. The number of hydrogen-bond acceptors (Lipinski definition) is 5. The third kappa shape index (κ3) is 3.42. The minimum atomic E-state index is 0.974. The SMILES string of the molecule is Cc1cccc(Nc2ccc3c(N4CCN(C)CC4)ncnc3c2)c1. The van der Waals surface area contributed by atoms with Gasteiger partial charge >= 0.3 is 0 Å². The molecule has 2 aromatic carbocycles. The molecule has 4 rings (SSSR count). The van der Waals surface area contributed by atoms with Gasteiger partial charge in [-0.05, 0) is 49.9 Å². The molecule has 0 amide bonds. The molecular formula is C20H23N5. The fourth-order valence-corrected chi connectivity index (χ4v) is 3.28. The highest BCUT2D eigenvalue weighted by Gasteiger charge is 2.17. The predicted molar refractivity (Wildman–Crippen MR) is 104 cm³/mol. The van der Waals surface area contributed by atoms with Crippen LogP contribution in [0.1, 0.15) is 5.56 Å². The summed E-state index contributed by atoms with van der Waals surface area (Å²) < 4.78 is 0. The number of hydrogen-bond donors (Lipinski definition) is 1. The van der Waals surface area contributed by atoms with Gasteiger partial charge in [0.15, 0.2) is 0 Å². The Labute approximate surface area is 148 Å². The van der Waals surface area contributed by atoms with Crippen molar-refractivity contribution < 1.29 is 0 Å². The van der Waals surface area contributed by atoms with Crippen LogP contribution in [0.25, 0.3) is 10.9 Å². The van der Waals surface area contributed by atoms with Crippen molar-refractivity contribution in [3.8, 4) is 0 Å². The van der Waals surface area contributed by atoms with Gasteiger partial charge in [-0.3, -0.25) is 0 Å². The zero-order valence-corrected chi connectivity index (χ0v) is 14.7. The number of fused-ring (bicyclic) bond motifs is 1. The average Bonchev–Trinajstić information content (AvgIpc) is 2.62. The number of benzene rings is 2. The van der Waals surface area contributed by atoms with Crippen LogP contribution in [0.3, 0.4) is 0 Å². The molecule has 0 atom stereocenters. The zero-order chi connectivity index (χ0) is 17.2. The van der Waals surface area contributed by atoms with E-state index in [4.69, 9.17) is 0 Å². The Morgan fingerprint density at radius 1 is 0.920 bits per heavy atom. The number of piperazine rings is 1. The second kappa shape index (κ2) is 6.69. The lowest BCUT2D eigenvalue weighted by molar-refractivity contribution is 0.312. The molecule has 2 heterocycles. The maximum atomic E-state index is 4.56. The summed E-state index contributed by atoms with van der Waals surface area (Å²) in [5.74, 6) is 1.04. The van der Waals surface area contributed by atoms with Crippen molar-refractivity contribution >= 4 is 28.1 Å². The monoisotopic (exact) mass is 333 g/mol. The highest BCUT2D eigenvalue weighted by molar-refractivity contribution is 5.92. The fraction of sp³-hybridized carbons (Fsp3) is 0.300. The number of nitrogens with one attached hydrogen (secondary N) is 1. The molecule has 5 nitrogen and oxygen atoms in total. The summed E-state index contributed by atoms with van der Waals surface area (Å²) in [4.78, 5) is 13.7. The van der Waals surface area contributed by atoms with E-state index in [0.29, 0.717) is 0 Å². The topological polar surface area (TPSA) is 44.3 Å². The molecule has 1 aliphatic heterocycles. The van der Waals surface area contributed by atoms with Gasteiger partial charge < -0.3 is 15.1 Å². The predicted octanol–water partition coefficient (Wildman–Crippen LogP) is 3.43. The largest absolute Gasteiger partial charge is 0.355 e. The fourth-order valence-electron chi connectivity index (χ4n) is 3.28. The van der Waals surface area contributed by atoms with E-state index >= 15 is 0 Å². The molecule has 1 aliphatic rings. The number of aromatic nitrogens is 2. The van der Waals surface area contributed by atoms with Crippen LogP contribution >= 0.6 is 0 Å². The van der Waals surface area contributed by atoms with Crippen molar-refractivity contribution in [1.82, 2.24) is 14.9 Å². The Morgan fingerprint density at radius 3 is 2.52 bits per heavy atom. The van der Waals surface area contributed by atoms with Crippen molar-refractivity contribution in [3.63, 3.8) is 0 Å². The summed E-state index contributed by atoms with van der Waals surface area (Å²) in [5.41, 5.74) is 4.35. The number of rotatable bonds is 3. The van der Waals surface area contributed by atoms with Crippen LogP contribution in [-0.2, 0) is 0 Å². The Kier molecular flexibility index (Phi) is 4.24. The average molecular weight is 333 g/mol. The molecule has 0 saturated carbocycles. The van der Waals surface area contributed by atoms with Gasteiger partial charge in [-0.25, -0.2) is 9.97 Å². The van der Waals surface area contributed by atoms with Gasteiger partial charge in [0.25, 0.3) is 0 Å². The first-order valence-electron chi connectivity index (χ1n) is 8.71. The van der Waals surface area contributed by atoms with E-state index in [1.54, 1.807) is 6.33 Å². The van der Waals surface area contributed by atoms with Crippen molar-refractivity contribution in [2.45, 2.75) is 6.92 Å².